The van der Waals surface area contributed by atoms with Crippen LogP contribution in [0, 0.1) is 20.8 Å². The number of carbonyl (C=O) groups excluding carboxylic acids is 1. The molecule has 0 radical (unpaired) electrons. The fourth-order valence-corrected chi connectivity index (χ4v) is 4.46. The van der Waals surface area contributed by atoms with Gasteiger partial charge in [0.2, 0.25) is 11.0 Å². The van der Waals surface area contributed by atoms with Gasteiger partial charge in [0.05, 0.1) is 5.75 Å². The lowest BCUT2D eigenvalue weighted by Gasteiger charge is -2.12. The number of hydrogen-bond donors (Lipinski definition) is 2. The highest BCUT2D eigenvalue weighted by Crippen LogP contribution is 2.29. The molecule has 0 atom stereocenters. The number of amides is 1. The molecule has 5 nitrogen and oxygen atoms in total. The van der Waals surface area contributed by atoms with E-state index in [-0.39, 0.29) is 5.91 Å². The van der Waals surface area contributed by atoms with Crippen LogP contribution in [0.1, 0.15) is 29.2 Å². The van der Waals surface area contributed by atoms with Crippen molar-refractivity contribution in [3.05, 3.63) is 58.7 Å². The summed E-state index contributed by atoms with van der Waals surface area (Å²) < 4.78 is 0.767. The average molecular weight is 413 g/mol. The van der Waals surface area contributed by atoms with Gasteiger partial charge in [-0.2, -0.15) is 0 Å². The zero-order valence-electron chi connectivity index (χ0n) is 16.5. The second-order valence-electron chi connectivity index (χ2n) is 6.62. The van der Waals surface area contributed by atoms with Crippen LogP contribution in [-0.2, 0) is 11.2 Å². The van der Waals surface area contributed by atoms with Crippen LogP contribution >= 0.6 is 23.1 Å². The Morgan fingerprint density at radius 3 is 2.68 bits per heavy atom. The number of anilines is 3. The van der Waals surface area contributed by atoms with Crippen LogP contribution in [0.25, 0.3) is 0 Å². The second-order valence-corrected chi connectivity index (χ2v) is 8.82. The molecule has 0 spiro atoms. The number of carbonyl (C=O) groups is 1. The number of thioether (sulfide) groups is 1. The number of nitrogens with one attached hydrogen (secondary N) is 2. The maximum atomic E-state index is 12.4. The molecule has 0 saturated heterocycles. The predicted molar refractivity (Wildman–Crippen MR) is 119 cm³/mol. The van der Waals surface area contributed by atoms with E-state index >= 15 is 0 Å². The highest BCUT2D eigenvalue weighted by molar-refractivity contribution is 8.01. The molecule has 146 valence electrons. The molecule has 0 bridgehead atoms. The molecule has 0 aliphatic heterocycles. The lowest BCUT2D eigenvalue weighted by Crippen LogP contribution is -2.16. The second kappa shape index (κ2) is 9.21. The zero-order valence-corrected chi connectivity index (χ0v) is 18.1. The third-order valence-corrected chi connectivity index (χ3v) is 6.33. The number of aromatic nitrogens is 2. The summed E-state index contributed by atoms with van der Waals surface area (Å²) >= 11 is 2.85. The molecule has 0 aliphatic rings. The van der Waals surface area contributed by atoms with Crippen LogP contribution < -0.4 is 10.6 Å². The van der Waals surface area contributed by atoms with Crippen molar-refractivity contribution in [3.63, 3.8) is 0 Å². The Morgan fingerprint density at radius 2 is 1.93 bits per heavy atom. The number of hydrogen-bond acceptors (Lipinski definition) is 6. The van der Waals surface area contributed by atoms with E-state index in [0.29, 0.717) is 5.75 Å². The van der Waals surface area contributed by atoms with Crippen molar-refractivity contribution in [2.24, 2.45) is 0 Å². The average Bonchev–Trinajstić information content (AvgIpc) is 3.11. The molecule has 2 N–H and O–H groups in total. The molecule has 0 unspecified atom stereocenters. The van der Waals surface area contributed by atoms with Crippen LogP contribution in [0.5, 0.6) is 0 Å². The lowest BCUT2D eigenvalue weighted by molar-refractivity contribution is -0.113. The molecule has 0 saturated carbocycles. The highest BCUT2D eigenvalue weighted by atomic mass is 32.2. The van der Waals surface area contributed by atoms with Crippen molar-refractivity contribution in [3.8, 4) is 0 Å². The third-order valence-electron chi connectivity index (χ3n) is 4.36. The van der Waals surface area contributed by atoms with Gasteiger partial charge in [0.1, 0.15) is 0 Å². The van der Waals surface area contributed by atoms with E-state index < -0.39 is 0 Å². The fraction of sp³-hybridized carbons (Fsp3) is 0.286. The van der Waals surface area contributed by atoms with Crippen molar-refractivity contribution in [2.45, 2.75) is 38.5 Å². The van der Waals surface area contributed by atoms with E-state index in [1.165, 1.54) is 28.7 Å². The zero-order chi connectivity index (χ0) is 20.1. The lowest BCUT2D eigenvalue weighted by atomic mass is 10.1. The minimum Gasteiger partial charge on any atom is -0.330 e. The van der Waals surface area contributed by atoms with E-state index in [2.05, 4.69) is 53.7 Å². The van der Waals surface area contributed by atoms with Gasteiger partial charge in [0, 0.05) is 11.4 Å². The van der Waals surface area contributed by atoms with Crippen LogP contribution in [-0.4, -0.2) is 21.9 Å². The van der Waals surface area contributed by atoms with Crippen LogP contribution in [0.2, 0.25) is 0 Å². The quantitative estimate of drug-likeness (QED) is 0.502. The molecule has 1 aromatic heterocycles. The summed E-state index contributed by atoms with van der Waals surface area (Å²) in [6.45, 7) is 8.23. The SMILES string of the molecule is CCc1cccc(C)c1NC(=O)CSc1nnc(Nc2ccc(C)cc2C)s1. The molecular weight excluding hydrogens is 388 g/mol. The van der Waals surface area contributed by atoms with Crippen molar-refractivity contribution in [1.82, 2.24) is 10.2 Å². The molecule has 3 aromatic rings. The monoisotopic (exact) mass is 412 g/mol. The summed E-state index contributed by atoms with van der Waals surface area (Å²) in [6.07, 6.45) is 0.883. The van der Waals surface area contributed by atoms with Gasteiger partial charge in [-0.25, -0.2) is 0 Å². The Balaban J connectivity index is 1.58. The fourth-order valence-electron chi connectivity index (χ4n) is 2.89. The van der Waals surface area contributed by atoms with E-state index in [0.717, 1.165) is 44.0 Å². The van der Waals surface area contributed by atoms with Crippen LogP contribution in [0.15, 0.2) is 40.7 Å². The number of nitrogens with zero attached hydrogens (tertiary/aromatic N) is 2. The maximum Gasteiger partial charge on any atom is 0.234 e. The number of para-hydroxylation sites is 1. The minimum atomic E-state index is -0.0342. The van der Waals surface area contributed by atoms with Gasteiger partial charge in [0.25, 0.3) is 0 Å². The van der Waals surface area contributed by atoms with Gasteiger partial charge in [-0.05, 0) is 49.9 Å². The first kappa shape index (κ1) is 20.4. The summed E-state index contributed by atoms with van der Waals surface area (Å²) in [7, 11) is 0. The first-order valence-electron chi connectivity index (χ1n) is 9.15. The van der Waals surface area contributed by atoms with Crippen molar-refractivity contribution < 1.29 is 4.79 Å². The summed E-state index contributed by atoms with van der Waals surface area (Å²) in [5.74, 6) is 0.267. The van der Waals surface area contributed by atoms with E-state index in [9.17, 15) is 4.79 Å². The first-order valence-corrected chi connectivity index (χ1v) is 11.0. The molecule has 3 rings (SSSR count). The molecule has 28 heavy (non-hydrogen) atoms. The van der Waals surface area contributed by atoms with Gasteiger partial charge in [-0.1, -0.05) is 65.9 Å². The smallest absolute Gasteiger partial charge is 0.234 e. The highest BCUT2D eigenvalue weighted by Gasteiger charge is 2.12. The molecular formula is C21H24N4OS2. The summed E-state index contributed by atoms with van der Waals surface area (Å²) in [5.41, 5.74) is 6.55. The van der Waals surface area contributed by atoms with Gasteiger partial charge in [-0.3, -0.25) is 4.79 Å². The van der Waals surface area contributed by atoms with Crippen LogP contribution in [0.3, 0.4) is 0 Å². The maximum absolute atomic E-state index is 12.4. The van der Waals surface area contributed by atoms with Gasteiger partial charge < -0.3 is 10.6 Å². The summed E-state index contributed by atoms with van der Waals surface area (Å²) in [6, 6.07) is 12.3. The molecule has 0 fully saturated rings. The van der Waals surface area contributed by atoms with Crippen molar-refractivity contribution in [2.75, 3.05) is 16.4 Å². The normalized spacial score (nSPS) is 10.7. The van der Waals surface area contributed by atoms with Crippen molar-refractivity contribution in [1.29, 1.82) is 0 Å². The predicted octanol–water partition coefficient (Wildman–Crippen LogP) is 5.50. The molecule has 1 amide bonds. The third kappa shape index (κ3) is 5.11. The topological polar surface area (TPSA) is 66.9 Å². The Labute approximate surface area is 174 Å². The Morgan fingerprint density at radius 1 is 1.11 bits per heavy atom. The van der Waals surface area contributed by atoms with Crippen LogP contribution in [0.4, 0.5) is 16.5 Å². The number of rotatable bonds is 7. The van der Waals surface area contributed by atoms with E-state index in [1.54, 1.807) is 0 Å². The molecule has 2 aromatic carbocycles. The Kier molecular flexibility index (Phi) is 6.70. The van der Waals surface area contributed by atoms with Crippen molar-refractivity contribution >= 4 is 45.5 Å². The Bertz CT molecular complexity index is 984. The van der Waals surface area contributed by atoms with Gasteiger partial charge in [0.15, 0.2) is 4.34 Å². The van der Waals surface area contributed by atoms with E-state index in [4.69, 9.17) is 0 Å². The van der Waals surface area contributed by atoms with E-state index in [1.807, 2.05) is 31.2 Å². The summed E-state index contributed by atoms with van der Waals surface area (Å²) in [4.78, 5) is 12.4. The first-order chi connectivity index (χ1) is 13.5. The molecule has 1 heterocycles. The Hall–Kier alpha value is -2.38. The standard InChI is InChI=1S/C21H24N4OS2/c1-5-16-8-6-7-14(3)19(16)23-18(26)12-27-21-25-24-20(28-21)22-17-10-9-13(2)11-15(17)4/h6-11H,5,12H2,1-4H3,(H,22,24)(H,23,26). The minimum absolute atomic E-state index is 0.0342. The largest absolute Gasteiger partial charge is 0.330 e. The summed E-state index contributed by atoms with van der Waals surface area (Å²) in [5, 5.41) is 15.4. The molecule has 7 heteroatoms. The van der Waals surface area contributed by atoms with Gasteiger partial charge >= 0.3 is 0 Å². The number of aryl methyl sites for hydroxylation is 4. The van der Waals surface area contributed by atoms with Gasteiger partial charge in [-0.15, -0.1) is 10.2 Å². The molecule has 0 aliphatic carbocycles. The number of benzene rings is 2.